The van der Waals surface area contributed by atoms with Gasteiger partial charge >= 0.3 is 0 Å². The number of nitrogens with zero attached hydrogens (tertiary/aromatic N) is 3. The van der Waals surface area contributed by atoms with Crippen molar-refractivity contribution >= 4 is 68.0 Å². The summed E-state index contributed by atoms with van der Waals surface area (Å²) in [7, 11) is 8.13. The van der Waals surface area contributed by atoms with Crippen molar-refractivity contribution in [2.45, 2.75) is 52.4 Å². The minimum absolute atomic E-state index is 0.987. The maximum Gasteiger partial charge on any atom is 0.146 e. The van der Waals surface area contributed by atoms with Crippen molar-refractivity contribution in [3.8, 4) is 11.1 Å². The van der Waals surface area contributed by atoms with Crippen LogP contribution in [0, 0.1) is 13.8 Å². The van der Waals surface area contributed by atoms with Crippen LogP contribution in [-0.2, 0) is 0 Å². The summed E-state index contributed by atoms with van der Waals surface area (Å²) in [6.45, 7) is 6.79. The van der Waals surface area contributed by atoms with Crippen LogP contribution in [0.3, 0.4) is 0 Å². The molecular formula is C30H44N3S4+. The number of fused-ring (bicyclic) bond motifs is 3. The van der Waals surface area contributed by atoms with Gasteiger partial charge in [0, 0.05) is 63.0 Å². The van der Waals surface area contributed by atoms with Crippen molar-refractivity contribution in [2.24, 2.45) is 0 Å². The number of unbranched alkanes of at least 4 members (excludes halogenated alkanes) is 4. The van der Waals surface area contributed by atoms with E-state index in [2.05, 4.69) is 50.2 Å². The first-order valence-corrected chi connectivity index (χ1v) is 16.2. The van der Waals surface area contributed by atoms with Gasteiger partial charge < -0.3 is 9.80 Å². The van der Waals surface area contributed by atoms with Crippen molar-refractivity contribution in [2.75, 3.05) is 52.8 Å². The first-order valence-electron chi connectivity index (χ1n) is 13.4. The largest absolute Gasteiger partial charge is 0.364 e. The summed E-state index contributed by atoms with van der Waals surface area (Å²) < 4.78 is 2.98. The molecule has 0 aliphatic carbocycles. The minimum Gasteiger partial charge on any atom is -0.364 e. The lowest BCUT2D eigenvalue weighted by molar-refractivity contribution is 0.365. The monoisotopic (exact) mass is 574 g/mol. The predicted molar refractivity (Wildman–Crippen MR) is 178 cm³/mol. The Labute approximate surface area is 245 Å². The highest BCUT2D eigenvalue weighted by Crippen LogP contribution is 2.54. The molecule has 202 valence electrons. The molecule has 0 fully saturated rings. The lowest BCUT2D eigenvalue weighted by atomic mass is 10.0. The first-order chi connectivity index (χ1) is 17.7. The van der Waals surface area contributed by atoms with E-state index in [1.807, 2.05) is 61.5 Å². The highest BCUT2D eigenvalue weighted by Gasteiger charge is 2.43. The highest BCUT2D eigenvalue weighted by molar-refractivity contribution is 8.23. The molecule has 2 aromatic rings. The molecule has 0 spiro atoms. The Hall–Kier alpha value is -1.12. The van der Waals surface area contributed by atoms with E-state index in [0.29, 0.717) is 0 Å². The van der Waals surface area contributed by atoms with E-state index in [1.54, 1.807) is 0 Å². The zero-order valence-electron chi connectivity index (χ0n) is 23.5. The zero-order valence-corrected chi connectivity index (χ0v) is 26.8. The molecular weight excluding hydrogens is 531 g/mol. The van der Waals surface area contributed by atoms with Crippen LogP contribution in [0.5, 0.6) is 0 Å². The molecule has 0 saturated carbocycles. The van der Waals surface area contributed by atoms with Gasteiger partial charge in [-0.25, -0.2) is 0 Å². The molecule has 0 saturated heterocycles. The second-order valence-corrected chi connectivity index (χ2v) is 14.1. The number of benzene rings is 2. The molecule has 7 heteroatoms. The number of thiocarbonyl (C=S) groups is 2. The summed E-state index contributed by atoms with van der Waals surface area (Å²) in [5, 5.41) is 0. The van der Waals surface area contributed by atoms with E-state index >= 15 is 0 Å². The summed E-state index contributed by atoms with van der Waals surface area (Å²) in [6.07, 6.45) is 7.35. The average Bonchev–Trinajstić information content (AvgIpc) is 3.11. The number of hydrogen-bond acceptors (Lipinski definition) is 4. The fraction of sp³-hybridized carbons (Fsp3) is 0.533. The Morgan fingerprint density at radius 2 is 1.05 bits per heavy atom. The Kier molecular flexibility index (Phi) is 11.8. The summed E-state index contributed by atoms with van der Waals surface area (Å²) in [5.41, 5.74) is 8.58. The lowest BCUT2D eigenvalue weighted by Gasteiger charge is -2.36. The van der Waals surface area contributed by atoms with Crippen LogP contribution in [0.2, 0.25) is 0 Å². The van der Waals surface area contributed by atoms with Crippen LogP contribution >= 0.6 is 48.0 Å². The van der Waals surface area contributed by atoms with Crippen LogP contribution in [-0.4, -0.2) is 71.2 Å². The standard InChI is InChI=1S/C30H44N3S4/c1-23-13-15-25-26-16-14-24(2)22-28(26)33(27(25)21-23,17-9-7-11-19-36-29(34)31(3)4)18-10-8-12-20-37-30(35)32(5)6/h13-16,21-22H,7-12,17-20H2,1-6H3/q+1. The molecule has 0 radical (unpaired) electrons. The quantitative estimate of drug-likeness (QED) is 0.142. The molecule has 2 aromatic carbocycles. The van der Waals surface area contributed by atoms with Gasteiger partial charge in [0.1, 0.15) is 20.0 Å². The van der Waals surface area contributed by atoms with Gasteiger partial charge in [0.05, 0.1) is 13.1 Å². The van der Waals surface area contributed by atoms with E-state index < -0.39 is 0 Å². The number of aryl methyl sites for hydroxylation is 2. The third-order valence-electron chi connectivity index (χ3n) is 7.07. The van der Waals surface area contributed by atoms with Crippen LogP contribution in [0.4, 0.5) is 11.4 Å². The van der Waals surface area contributed by atoms with Gasteiger partial charge in [0.25, 0.3) is 0 Å². The molecule has 0 bridgehead atoms. The van der Waals surface area contributed by atoms with Gasteiger partial charge in [0.15, 0.2) is 0 Å². The fourth-order valence-corrected chi connectivity index (χ4v) is 7.13. The maximum absolute atomic E-state index is 5.45. The summed E-state index contributed by atoms with van der Waals surface area (Å²) >= 11 is 14.5. The molecule has 1 aliphatic rings. The van der Waals surface area contributed by atoms with Crippen molar-refractivity contribution in [1.29, 1.82) is 0 Å². The van der Waals surface area contributed by atoms with Gasteiger partial charge in [0.2, 0.25) is 0 Å². The number of quaternary nitrogens is 1. The van der Waals surface area contributed by atoms with Crippen molar-refractivity contribution < 1.29 is 0 Å². The normalized spacial score (nSPS) is 13.2. The molecule has 0 N–H and O–H groups in total. The van der Waals surface area contributed by atoms with E-state index in [0.717, 1.165) is 37.7 Å². The van der Waals surface area contributed by atoms with Gasteiger partial charge in [-0.2, -0.15) is 0 Å². The maximum atomic E-state index is 5.45. The Bertz CT molecular complexity index is 995. The molecule has 0 atom stereocenters. The molecule has 1 aliphatic heterocycles. The first kappa shape index (κ1) is 30.4. The van der Waals surface area contributed by atoms with Gasteiger partial charge in [-0.3, -0.25) is 4.48 Å². The van der Waals surface area contributed by atoms with E-state index in [-0.39, 0.29) is 0 Å². The van der Waals surface area contributed by atoms with Crippen LogP contribution in [0.1, 0.15) is 49.7 Å². The van der Waals surface area contributed by atoms with Crippen molar-refractivity contribution in [3.05, 3.63) is 47.5 Å². The lowest BCUT2D eigenvalue weighted by Crippen LogP contribution is -2.44. The fourth-order valence-electron chi connectivity index (χ4n) is 5.07. The predicted octanol–water partition coefficient (Wildman–Crippen LogP) is 8.42. The number of rotatable bonds is 12. The van der Waals surface area contributed by atoms with Gasteiger partial charge in [-0.15, -0.1) is 0 Å². The third-order valence-corrected chi connectivity index (χ3v) is 10.7. The smallest absolute Gasteiger partial charge is 0.146 e. The Balaban J connectivity index is 1.73. The van der Waals surface area contributed by atoms with E-state index in [1.165, 1.54) is 72.2 Å². The molecule has 37 heavy (non-hydrogen) atoms. The van der Waals surface area contributed by atoms with Crippen molar-refractivity contribution in [3.63, 3.8) is 0 Å². The van der Waals surface area contributed by atoms with Gasteiger partial charge in [-0.1, -0.05) is 60.1 Å². The molecule has 3 nitrogen and oxygen atoms in total. The number of thioether (sulfide) groups is 2. The topological polar surface area (TPSA) is 6.48 Å². The Morgan fingerprint density at radius 1 is 0.649 bits per heavy atom. The van der Waals surface area contributed by atoms with Crippen molar-refractivity contribution in [1.82, 2.24) is 14.3 Å². The SMILES string of the molecule is Cc1ccc2c(c1)[N+](CCCCCSC(=S)N(C)C)(CCCCCSC(=S)N(C)C)c1cc(C)ccc1-2. The summed E-state index contributed by atoms with van der Waals surface area (Å²) in [6, 6.07) is 14.2. The zero-order chi connectivity index (χ0) is 27.0. The number of hydrogen-bond donors (Lipinski definition) is 0. The molecule has 0 unspecified atom stereocenters. The van der Waals surface area contributed by atoms with Crippen LogP contribution in [0.15, 0.2) is 36.4 Å². The summed E-state index contributed by atoms with van der Waals surface area (Å²) in [4.78, 5) is 4.07. The van der Waals surface area contributed by atoms with Gasteiger partial charge in [-0.05, 0) is 75.6 Å². The summed E-state index contributed by atoms with van der Waals surface area (Å²) in [5.74, 6) is 2.21. The van der Waals surface area contributed by atoms with Crippen LogP contribution in [0.25, 0.3) is 11.1 Å². The van der Waals surface area contributed by atoms with Crippen LogP contribution < -0.4 is 4.48 Å². The molecule has 3 rings (SSSR count). The Morgan fingerprint density at radius 3 is 1.43 bits per heavy atom. The second kappa shape index (κ2) is 14.3. The average molecular weight is 575 g/mol. The van der Waals surface area contributed by atoms with E-state index in [9.17, 15) is 0 Å². The third kappa shape index (κ3) is 7.95. The molecule has 0 amide bonds. The molecule has 0 aromatic heterocycles. The second-order valence-electron chi connectivity index (χ2n) is 10.6. The highest BCUT2D eigenvalue weighted by atomic mass is 32.2. The minimum atomic E-state index is 0.987. The van der Waals surface area contributed by atoms with E-state index in [4.69, 9.17) is 24.4 Å². The molecule has 1 heterocycles.